The summed E-state index contributed by atoms with van der Waals surface area (Å²) in [5.74, 6) is -0.665. The molecule has 1 spiro atoms. The van der Waals surface area contributed by atoms with Gasteiger partial charge in [0.1, 0.15) is 11.9 Å². The molecule has 1 aliphatic heterocycles. The van der Waals surface area contributed by atoms with E-state index in [0.717, 1.165) is 12.6 Å². The molecule has 0 bridgehead atoms. The summed E-state index contributed by atoms with van der Waals surface area (Å²) in [6.07, 6.45) is 1.11. The third kappa shape index (κ3) is 3.13. The second kappa shape index (κ2) is 7.18. The van der Waals surface area contributed by atoms with Gasteiger partial charge in [0, 0.05) is 29.9 Å². The molecule has 2 saturated carbocycles. The fourth-order valence-corrected chi connectivity index (χ4v) is 5.44. The summed E-state index contributed by atoms with van der Waals surface area (Å²) in [7, 11) is 0. The normalized spacial score (nSPS) is 26.9. The summed E-state index contributed by atoms with van der Waals surface area (Å²) < 4.78 is 59.0. The van der Waals surface area contributed by atoms with Crippen molar-refractivity contribution >= 4 is 5.91 Å². The van der Waals surface area contributed by atoms with E-state index in [2.05, 4.69) is 19.9 Å². The Hall–Kier alpha value is -3.63. The fraction of sp³-hybridized carbons (Fsp3) is 0.348. The summed E-state index contributed by atoms with van der Waals surface area (Å²) in [6, 6.07) is 5.63. The van der Waals surface area contributed by atoms with E-state index < -0.39 is 29.7 Å². The van der Waals surface area contributed by atoms with Gasteiger partial charge in [-0.25, -0.2) is 24.3 Å². The quantitative estimate of drug-likeness (QED) is 0.539. The molecule has 3 heterocycles. The van der Waals surface area contributed by atoms with Crippen molar-refractivity contribution in [3.8, 4) is 17.3 Å². The first kappa shape index (κ1) is 20.9. The average molecular weight is 471 g/mol. The minimum absolute atomic E-state index is 0.0476. The van der Waals surface area contributed by atoms with Gasteiger partial charge in [-0.05, 0) is 30.9 Å². The number of nitrogens with zero attached hydrogens (tertiary/aromatic N) is 5. The van der Waals surface area contributed by atoms with Crippen LogP contribution in [0.1, 0.15) is 28.9 Å². The molecule has 3 aliphatic rings. The number of likely N-dealkylation sites (tertiary alicyclic amines) is 1. The van der Waals surface area contributed by atoms with E-state index in [1.54, 1.807) is 17.0 Å². The maximum atomic E-state index is 14.9. The number of ether oxygens (including phenoxy) is 1. The Kier molecular flexibility index (Phi) is 4.42. The van der Waals surface area contributed by atoms with Crippen molar-refractivity contribution in [2.45, 2.75) is 31.2 Å². The highest BCUT2D eigenvalue weighted by atomic mass is 19.4. The summed E-state index contributed by atoms with van der Waals surface area (Å²) in [5.41, 5.74) is -1.01. The topological polar surface area (TPSA) is 81.1 Å². The number of amides is 1. The minimum atomic E-state index is -4.60. The average Bonchev–Trinajstić information content (AvgIpc) is 3.47. The number of alkyl halides is 3. The predicted molar refractivity (Wildman–Crippen MR) is 109 cm³/mol. The lowest BCUT2D eigenvalue weighted by molar-refractivity contribution is -0.141. The maximum Gasteiger partial charge on any atom is 0.434 e. The Morgan fingerprint density at radius 3 is 2.56 bits per heavy atom. The Morgan fingerprint density at radius 1 is 1.06 bits per heavy atom. The van der Waals surface area contributed by atoms with Gasteiger partial charge in [0.15, 0.2) is 11.5 Å². The van der Waals surface area contributed by atoms with Gasteiger partial charge in [-0.2, -0.15) is 13.2 Å². The molecule has 174 valence electrons. The van der Waals surface area contributed by atoms with Gasteiger partial charge in [-0.3, -0.25) is 4.79 Å². The number of carbonyl (C=O) groups is 1. The Morgan fingerprint density at radius 2 is 1.85 bits per heavy atom. The summed E-state index contributed by atoms with van der Waals surface area (Å²) in [5, 5.41) is 0. The van der Waals surface area contributed by atoms with Crippen LogP contribution in [0, 0.1) is 17.2 Å². The fourth-order valence-electron chi connectivity index (χ4n) is 5.44. The highest BCUT2D eigenvalue weighted by Crippen LogP contribution is 2.71. The largest absolute Gasteiger partial charge is 0.471 e. The van der Waals surface area contributed by atoms with Crippen molar-refractivity contribution in [2.24, 2.45) is 11.3 Å². The van der Waals surface area contributed by atoms with Crippen molar-refractivity contribution in [1.82, 2.24) is 24.8 Å². The molecule has 1 amide bonds. The Balaban J connectivity index is 1.27. The van der Waals surface area contributed by atoms with Gasteiger partial charge in [0.05, 0.1) is 24.0 Å². The Bertz CT molecular complexity index is 1270. The summed E-state index contributed by atoms with van der Waals surface area (Å²) in [4.78, 5) is 30.6. The van der Waals surface area contributed by atoms with E-state index in [1.807, 2.05) is 0 Å². The first-order chi connectivity index (χ1) is 16.3. The van der Waals surface area contributed by atoms with Crippen molar-refractivity contribution in [3.05, 3.63) is 66.1 Å². The van der Waals surface area contributed by atoms with Crippen LogP contribution in [0.2, 0.25) is 0 Å². The molecular weight excluding hydrogens is 454 g/mol. The highest BCUT2D eigenvalue weighted by Gasteiger charge is 2.76. The van der Waals surface area contributed by atoms with E-state index in [-0.39, 0.29) is 28.7 Å². The van der Waals surface area contributed by atoms with Crippen LogP contribution in [0.15, 0.2) is 49.1 Å². The van der Waals surface area contributed by atoms with Crippen LogP contribution in [-0.4, -0.2) is 49.4 Å². The molecule has 6 rings (SSSR count). The van der Waals surface area contributed by atoms with Gasteiger partial charge in [-0.1, -0.05) is 12.1 Å². The van der Waals surface area contributed by atoms with Crippen LogP contribution in [0.5, 0.6) is 5.88 Å². The van der Waals surface area contributed by atoms with Crippen molar-refractivity contribution in [2.75, 3.05) is 6.54 Å². The second-order valence-electron chi connectivity index (χ2n) is 8.87. The number of piperidine rings is 1. The SMILES string of the molecule is O=C(c1c(F)cccc1-c1ncccn1)N1CC2CC23CC(Oc2cnc(C(F)(F)F)cn2)C13. The summed E-state index contributed by atoms with van der Waals surface area (Å²) in [6.45, 7) is 0.464. The molecule has 3 aromatic rings. The van der Waals surface area contributed by atoms with Crippen LogP contribution >= 0.6 is 0 Å². The number of halogens is 4. The third-order valence-electron chi connectivity index (χ3n) is 7.04. The molecule has 34 heavy (non-hydrogen) atoms. The molecule has 1 saturated heterocycles. The van der Waals surface area contributed by atoms with E-state index in [9.17, 15) is 22.4 Å². The van der Waals surface area contributed by atoms with Crippen LogP contribution in [0.3, 0.4) is 0 Å². The number of carbonyl (C=O) groups excluding carboxylic acids is 1. The number of hydrogen-bond donors (Lipinski definition) is 0. The van der Waals surface area contributed by atoms with Crippen molar-refractivity contribution < 1.29 is 27.1 Å². The number of hydrogen-bond acceptors (Lipinski definition) is 6. The lowest BCUT2D eigenvalue weighted by atomic mass is 9.73. The van der Waals surface area contributed by atoms with Crippen LogP contribution in [-0.2, 0) is 6.18 Å². The molecule has 11 heteroatoms. The minimum Gasteiger partial charge on any atom is -0.471 e. The lowest BCUT2D eigenvalue weighted by Crippen LogP contribution is -2.59. The highest BCUT2D eigenvalue weighted by molar-refractivity contribution is 6.01. The molecule has 0 N–H and O–H groups in total. The van der Waals surface area contributed by atoms with Gasteiger partial charge in [-0.15, -0.1) is 0 Å². The second-order valence-corrected chi connectivity index (χ2v) is 8.87. The predicted octanol–water partition coefficient (Wildman–Crippen LogP) is 3.77. The molecule has 3 fully saturated rings. The zero-order valence-electron chi connectivity index (χ0n) is 17.5. The van der Waals surface area contributed by atoms with E-state index in [0.29, 0.717) is 30.6 Å². The van der Waals surface area contributed by atoms with E-state index in [4.69, 9.17) is 4.74 Å². The van der Waals surface area contributed by atoms with Gasteiger partial charge >= 0.3 is 6.18 Å². The number of aromatic nitrogens is 4. The Labute approximate surface area is 190 Å². The first-order valence-electron chi connectivity index (χ1n) is 10.7. The summed E-state index contributed by atoms with van der Waals surface area (Å²) >= 11 is 0. The molecule has 4 unspecified atom stereocenters. The standard InChI is InChI=1S/C23H17F4N5O2/c24-14-4-1-3-13(20-28-5-2-6-29-20)18(14)21(33)32-11-12-7-22(12)8-15(19(22)32)34-17-10-30-16(9-31-17)23(25,26)27/h1-6,9-10,12,15,19H,7-8,11H2. The third-order valence-corrected chi connectivity index (χ3v) is 7.04. The van der Waals surface area contributed by atoms with E-state index in [1.165, 1.54) is 24.5 Å². The maximum absolute atomic E-state index is 14.9. The molecule has 0 radical (unpaired) electrons. The van der Waals surface area contributed by atoms with Crippen LogP contribution < -0.4 is 4.74 Å². The molecule has 1 aromatic carbocycles. The van der Waals surface area contributed by atoms with Gasteiger partial charge in [0.25, 0.3) is 5.91 Å². The number of benzene rings is 1. The van der Waals surface area contributed by atoms with Crippen LogP contribution in [0.25, 0.3) is 11.4 Å². The molecular formula is C23H17F4N5O2. The molecule has 4 atom stereocenters. The van der Waals surface area contributed by atoms with E-state index >= 15 is 0 Å². The monoisotopic (exact) mass is 471 g/mol. The molecule has 2 aliphatic carbocycles. The molecule has 2 aromatic heterocycles. The smallest absolute Gasteiger partial charge is 0.434 e. The lowest BCUT2D eigenvalue weighted by Gasteiger charge is -2.47. The number of rotatable bonds is 4. The van der Waals surface area contributed by atoms with Crippen LogP contribution in [0.4, 0.5) is 17.6 Å². The zero-order valence-corrected chi connectivity index (χ0v) is 17.5. The van der Waals surface area contributed by atoms with Crippen molar-refractivity contribution in [1.29, 1.82) is 0 Å². The van der Waals surface area contributed by atoms with Crippen molar-refractivity contribution in [3.63, 3.8) is 0 Å². The van der Waals surface area contributed by atoms with Gasteiger partial charge in [0.2, 0.25) is 5.88 Å². The zero-order chi connectivity index (χ0) is 23.7. The molecule has 7 nitrogen and oxygen atoms in total. The first-order valence-corrected chi connectivity index (χ1v) is 10.7. The van der Waals surface area contributed by atoms with Gasteiger partial charge < -0.3 is 9.64 Å².